The molecular weight excluding hydrogens is 235 g/mol. The third kappa shape index (κ3) is 2.89. The summed E-state index contributed by atoms with van der Waals surface area (Å²) in [6.45, 7) is 1.10. The summed E-state index contributed by atoms with van der Waals surface area (Å²) in [6.07, 6.45) is 0.564. The van der Waals surface area contributed by atoms with E-state index in [-0.39, 0.29) is 18.6 Å². The number of hydrogen-bond acceptors (Lipinski definition) is 3. The molecule has 0 aromatic heterocycles. The van der Waals surface area contributed by atoms with E-state index >= 15 is 0 Å². The van der Waals surface area contributed by atoms with Crippen molar-refractivity contribution in [2.45, 2.75) is 12.5 Å². The second-order valence-corrected chi connectivity index (χ2v) is 3.71. The maximum absolute atomic E-state index is 13.3. The van der Waals surface area contributed by atoms with Gasteiger partial charge in [-0.1, -0.05) is 0 Å². The highest BCUT2D eigenvalue weighted by atomic mass is 19.2. The Bertz CT molecular complexity index is 395. The van der Waals surface area contributed by atoms with Crippen molar-refractivity contribution >= 4 is 5.69 Å². The molecule has 1 heterocycles. The molecule has 0 spiro atoms. The van der Waals surface area contributed by atoms with E-state index in [9.17, 15) is 13.2 Å². The lowest BCUT2D eigenvalue weighted by Crippen LogP contribution is -2.30. The normalized spacial score (nSPS) is 20.3. The summed E-state index contributed by atoms with van der Waals surface area (Å²) in [7, 11) is 0. The molecule has 0 bridgehead atoms. The van der Waals surface area contributed by atoms with Crippen molar-refractivity contribution < 1.29 is 22.6 Å². The van der Waals surface area contributed by atoms with Crippen molar-refractivity contribution in [1.29, 1.82) is 0 Å². The van der Waals surface area contributed by atoms with Crippen LogP contribution in [0.4, 0.5) is 18.9 Å². The summed E-state index contributed by atoms with van der Waals surface area (Å²) < 4.78 is 49.1. The molecule has 0 radical (unpaired) electrons. The lowest BCUT2D eigenvalue weighted by Gasteiger charge is -2.23. The van der Waals surface area contributed by atoms with Gasteiger partial charge in [-0.2, -0.15) is 0 Å². The molecule has 1 aromatic rings. The summed E-state index contributed by atoms with van der Waals surface area (Å²) in [5, 5.41) is 2.69. The van der Waals surface area contributed by atoms with E-state index in [0.29, 0.717) is 19.6 Å². The Kier molecular flexibility index (Phi) is 3.86. The number of rotatable bonds is 3. The molecule has 17 heavy (non-hydrogen) atoms. The molecule has 6 heteroatoms. The van der Waals surface area contributed by atoms with Gasteiger partial charge in [0.05, 0.1) is 18.4 Å². The molecule has 1 atom stereocenters. The summed E-state index contributed by atoms with van der Waals surface area (Å²) in [5.41, 5.74) is -0.0704. The number of hydrogen-bond donors (Lipinski definition) is 1. The number of benzene rings is 1. The van der Waals surface area contributed by atoms with E-state index in [4.69, 9.17) is 9.47 Å². The van der Waals surface area contributed by atoms with Crippen molar-refractivity contribution in [1.82, 2.24) is 0 Å². The minimum Gasteiger partial charge on any atom is -0.380 e. The van der Waals surface area contributed by atoms with Gasteiger partial charge in [0, 0.05) is 6.54 Å². The van der Waals surface area contributed by atoms with Gasteiger partial charge in [0.2, 0.25) is 0 Å². The lowest BCUT2D eigenvalue weighted by molar-refractivity contribution is -0.133. The smallest absolute Gasteiger partial charge is 0.196 e. The van der Waals surface area contributed by atoms with Gasteiger partial charge in [0.25, 0.3) is 0 Å². The minimum absolute atomic E-state index is 0.0704. The average molecular weight is 247 g/mol. The van der Waals surface area contributed by atoms with E-state index < -0.39 is 17.5 Å². The van der Waals surface area contributed by atoms with Gasteiger partial charge in [-0.3, -0.25) is 0 Å². The fourth-order valence-electron chi connectivity index (χ4n) is 1.55. The Balaban J connectivity index is 1.96. The van der Waals surface area contributed by atoms with Gasteiger partial charge < -0.3 is 14.8 Å². The summed E-state index contributed by atoms with van der Waals surface area (Å²) in [5.74, 6) is -3.88. The van der Waals surface area contributed by atoms with Crippen LogP contribution in [0, 0.1) is 17.5 Å². The molecule has 0 aliphatic carbocycles. The fourth-order valence-corrected chi connectivity index (χ4v) is 1.55. The predicted molar refractivity (Wildman–Crippen MR) is 55.1 cm³/mol. The lowest BCUT2D eigenvalue weighted by atomic mass is 10.2. The Labute approximate surface area is 96.5 Å². The highest BCUT2D eigenvalue weighted by molar-refractivity contribution is 5.45. The van der Waals surface area contributed by atoms with Gasteiger partial charge in [-0.15, -0.1) is 0 Å². The standard InChI is InChI=1S/C11H12F3NO2/c12-8-1-2-9(11(14)10(8)13)15-5-7-3-4-16-6-17-7/h1-2,7,15H,3-6H2. The summed E-state index contributed by atoms with van der Waals surface area (Å²) in [6, 6.07) is 2.04. The second kappa shape index (κ2) is 5.37. The first-order valence-corrected chi connectivity index (χ1v) is 5.25. The molecule has 1 unspecified atom stereocenters. The average Bonchev–Trinajstić information content (AvgIpc) is 2.36. The van der Waals surface area contributed by atoms with Crippen LogP contribution in [0.3, 0.4) is 0 Å². The first-order valence-electron chi connectivity index (χ1n) is 5.25. The maximum Gasteiger partial charge on any atom is 0.196 e. The van der Waals surface area contributed by atoms with Crippen LogP contribution in [0.2, 0.25) is 0 Å². The molecule has 0 amide bonds. The van der Waals surface area contributed by atoms with Crippen molar-refractivity contribution in [3.63, 3.8) is 0 Å². The van der Waals surface area contributed by atoms with Crippen LogP contribution >= 0.6 is 0 Å². The molecule has 0 saturated carbocycles. The van der Waals surface area contributed by atoms with Crippen molar-refractivity contribution in [2.24, 2.45) is 0 Å². The Morgan fingerprint density at radius 3 is 2.76 bits per heavy atom. The van der Waals surface area contributed by atoms with E-state index in [1.54, 1.807) is 0 Å². The Hall–Kier alpha value is -1.27. The zero-order chi connectivity index (χ0) is 12.3. The van der Waals surface area contributed by atoms with E-state index in [1.165, 1.54) is 0 Å². The molecule has 94 valence electrons. The van der Waals surface area contributed by atoms with Crippen molar-refractivity contribution in [2.75, 3.05) is 25.3 Å². The van der Waals surface area contributed by atoms with Crippen LogP contribution < -0.4 is 5.32 Å². The highest BCUT2D eigenvalue weighted by Gasteiger charge is 2.17. The fraction of sp³-hybridized carbons (Fsp3) is 0.455. The predicted octanol–water partition coefficient (Wildman–Crippen LogP) is 2.28. The zero-order valence-electron chi connectivity index (χ0n) is 9.01. The largest absolute Gasteiger partial charge is 0.380 e. The topological polar surface area (TPSA) is 30.5 Å². The highest BCUT2D eigenvalue weighted by Crippen LogP contribution is 2.20. The van der Waals surface area contributed by atoms with Crippen LogP contribution in [-0.2, 0) is 9.47 Å². The quantitative estimate of drug-likeness (QED) is 0.831. The second-order valence-electron chi connectivity index (χ2n) is 3.71. The van der Waals surface area contributed by atoms with Gasteiger partial charge in [-0.05, 0) is 18.6 Å². The van der Waals surface area contributed by atoms with Crippen LogP contribution in [0.5, 0.6) is 0 Å². The Morgan fingerprint density at radius 2 is 2.06 bits per heavy atom. The zero-order valence-corrected chi connectivity index (χ0v) is 9.01. The molecular formula is C11H12F3NO2. The van der Waals surface area contributed by atoms with Gasteiger partial charge in [0.15, 0.2) is 17.5 Å². The number of ether oxygens (including phenoxy) is 2. The van der Waals surface area contributed by atoms with E-state index in [2.05, 4.69) is 5.32 Å². The third-order valence-corrected chi connectivity index (χ3v) is 2.53. The van der Waals surface area contributed by atoms with Crippen LogP contribution in [0.25, 0.3) is 0 Å². The van der Waals surface area contributed by atoms with Crippen LogP contribution in [0.15, 0.2) is 12.1 Å². The molecule has 1 aliphatic heterocycles. The maximum atomic E-state index is 13.3. The molecule has 1 aromatic carbocycles. The number of halogens is 3. The monoisotopic (exact) mass is 247 g/mol. The van der Waals surface area contributed by atoms with Gasteiger partial charge >= 0.3 is 0 Å². The van der Waals surface area contributed by atoms with Crippen molar-refractivity contribution in [3.05, 3.63) is 29.6 Å². The first kappa shape index (κ1) is 12.2. The number of anilines is 1. The summed E-state index contributed by atoms with van der Waals surface area (Å²) in [4.78, 5) is 0. The molecule has 1 aliphatic rings. The van der Waals surface area contributed by atoms with E-state index in [1.807, 2.05) is 0 Å². The van der Waals surface area contributed by atoms with Gasteiger partial charge in [0.1, 0.15) is 6.79 Å². The summed E-state index contributed by atoms with van der Waals surface area (Å²) >= 11 is 0. The van der Waals surface area contributed by atoms with Crippen LogP contribution in [0.1, 0.15) is 6.42 Å². The third-order valence-electron chi connectivity index (χ3n) is 2.53. The number of nitrogens with one attached hydrogen (secondary N) is 1. The Morgan fingerprint density at radius 1 is 1.24 bits per heavy atom. The van der Waals surface area contributed by atoms with Crippen molar-refractivity contribution in [3.8, 4) is 0 Å². The molecule has 3 nitrogen and oxygen atoms in total. The van der Waals surface area contributed by atoms with E-state index in [0.717, 1.165) is 12.1 Å². The first-order chi connectivity index (χ1) is 8.18. The molecule has 1 fully saturated rings. The molecule has 1 N–H and O–H groups in total. The molecule has 1 saturated heterocycles. The van der Waals surface area contributed by atoms with Gasteiger partial charge in [-0.25, -0.2) is 13.2 Å². The van der Waals surface area contributed by atoms with Crippen LogP contribution in [-0.4, -0.2) is 26.0 Å². The minimum atomic E-state index is -1.47. The molecule has 2 rings (SSSR count). The SMILES string of the molecule is Fc1ccc(NCC2CCOCO2)c(F)c1F.